The molecule has 0 spiro atoms. The molecule has 2 saturated carbocycles. The van der Waals surface area contributed by atoms with Gasteiger partial charge in [0.25, 0.3) is 0 Å². The second kappa shape index (κ2) is 16.0. The van der Waals surface area contributed by atoms with Crippen molar-refractivity contribution in [3.05, 3.63) is 89.3 Å². The van der Waals surface area contributed by atoms with Gasteiger partial charge in [0, 0.05) is 50.6 Å². The zero-order valence-corrected chi connectivity index (χ0v) is 31.6. The minimum absolute atomic E-state index is 0. The third-order valence-corrected chi connectivity index (χ3v) is 9.90. The van der Waals surface area contributed by atoms with Gasteiger partial charge in [0.15, 0.2) is 5.78 Å². The van der Waals surface area contributed by atoms with E-state index in [1.54, 1.807) is 0 Å². The first-order valence-corrected chi connectivity index (χ1v) is 17.9. The summed E-state index contributed by atoms with van der Waals surface area (Å²) >= 11 is 0. The fraction of sp³-hybridized carbons (Fsp3) is 0.442. The summed E-state index contributed by atoms with van der Waals surface area (Å²) in [5.41, 5.74) is 7.90. The number of aryl methyl sites for hydroxylation is 1. The topological polar surface area (TPSA) is 63.3 Å². The van der Waals surface area contributed by atoms with Crippen molar-refractivity contribution in [2.75, 3.05) is 0 Å². The predicted octanol–water partition coefficient (Wildman–Crippen LogP) is 12.3. The van der Waals surface area contributed by atoms with Crippen molar-refractivity contribution in [1.29, 1.82) is 0 Å². The summed E-state index contributed by atoms with van der Waals surface area (Å²) in [7, 11) is 0. The molecule has 2 heterocycles. The summed E-state index contributed by atoms with van der Waals surface area (Å²) in [6.07, 6.45) is 15.3. The molecule has 2 aliphatic rings. The Morgan fingerprint density at radius 2 is 1.54 bits per heavy atom. The number of fused-ring (bicyclic) bond motifs is 4. The van der Waals surface area contributed by atoms with Crippen LogP contribution in [0.5, 0.6) is 0 Å². The maximum Gasteiger partial charge on any atom is 0.159 e. The van der Waals surface area contributed by atoms with Crippen molar-refractivity contribution >= 4 is 38.5 Å². The van der Waals surface area contributed by atoms with Crippen molar-refractivity contribution in [2.24, 2.45) is 11.8 Å². The molecule has 1 N–H and O–H groups in total. The molecular weight excluding hydrogens is 771 g/mol. The first-order valence-electron chi connectivity index (χ1n) is 17.9. The molecular formula is C43H50IrNO3-. The fourth-order valence-corrected chi connectivity index (χ4v) is 7.75. The van der Waals surface area contributed by atoms with Crippen molar-refractivity contribution in [3.63, 3.8) is 0 Å². The number of carbonyl (C=O) groups excluding carboxylic acids is 1. The second-order valence-corrected chi connectivity index (χ2v) is 14.8. The van der Waals surface area contributed by atoms with E-state index in [4.69, 9.17) is 9.40 Å². The molecule has 0 atom stereocenters. The number of hydrogen-bond donors (Lipinski definition) is 1. The molecule has 0 bridgehead atoms. The molecule has 48 heavy (non-hydrogen) atoms. The molecule has 0 unspecified atom stereocenters. The normalized spacial score (nSPS) is 15.9. The van der Waals surface area contributed by atoms with Gasteiger partial charge in [0.2, 0.25) is 0 Å². The SMILES string of the molecule is CC(C)CC(=O)/C=C(\O)CC(C)C.Cc1[c-]c(-c2ncc(C3CCCC3)c3cc(C4CCCC4)ccc23)c2oc3ccccc3c2c1.[Ir]. The van der Waals surface area contributed by atoms with E-state index < -0.39 is 0 Å². The monoisotopic (exact) mass is 821 g/mol. The zero-order chi connectivity index (χ0) is 33.1. The molecule has 0 amide bonds. The molecule has 5 aromatic rings. The Labute approximate surface area is 299 Å². The predicted molar refractivity (Wildman–Crippen MR) is 195 cm³/mol. The molecule has 0 saturated heterocycles. The van der Waals surface area contributed by atoms with Crippen LogP contribution in [-0.4, -0.2) is 15.9 Å². The van der Waals surface area contributed by atoms with Crippen molar-refractivity contribution < 1.29 is 34.4 Å². The van der Waals surface area contributed by atoms with E-state index >= 15 is 0 Å². The van der Waals surface area contributed by atoms with E-state index in [0.717, 1.165) is 38.8 Å². The summed E-state index contributed by atoms with van der Waals surface area (Å²) in [6, 6.07) is 21.4. The van der Waals surface area contributed by atoms with Gasteiger partial charge in [-0.15, -0.1) is 17.7 Å². The maximum absolute atomic E-state index is 11.2. The Morgan fingerprint density at radius 3 is 2.23 bits per heavy atom. The van der Waals surface area contributed by atoms with E-state index in [9.17, 15) is 9.90 Å². The summed E-state index contributed by atoms with van der Waals surface area (Å²) in [4.78, 5) is 16.3. The Balaban J connectivity index is 0.000000277. The summed E-state index contributed by atoms with van der Waals surface area (Å²) in [6.45, 7) is 10.1. The molecule has 0 aliphatic heterocycles. The summed E-state index contributed by atoms with van der Waals surface area (Å²) in [5.74, 6) is 2.33. The number of aromatic nitrogens is 1. The second-order valence-electron chi connectivity index (χ2n) is 14.8. The summed E-state index contributed by atoms with van der Waals surface area (Å²) in [5, 5.41) is 14.3. The van der Waals surface area contributed by atoms with Gasteiger partial charge in [-0.05, 0) is 83.0 Å². The number of allylic oxidation sites excluding steroid dienone is 2. The van der Waals surface area contributed by atoms with E-state index in [0.29, 0.717) is 36.5 Å². The number of benzene rings is 3. The third-order valence-electron chi connectivity index (χ3n) is 9.90. The van der Waals surface area contributed by atoms with Crippen LogP contribution in [0.25, 0.3) is 44.0 Å². The number of pyridine rings is 1. The largest absolute Gasteiger partial charge is 0.512 e. The maximum atomic E-state index is 11.2. The molecule has 4 nitrogen and oxygen atoms in total. The average Bonchev–Trinajstić information content (AvgIpc) is 3.82. The van der Waals surface area contributed by atoms with Crippen LogP contribution in [0.2, 0.25) is 0 Å². The van der Waals surface area contributed by atoms with E-state index in [-0.39, 0.29) is 31.6 Å². The summed E-state index contributed by atoms with van der Waals surface area (Å²) < 4.78 is 6.41. The van der Waals surface area contributed by atoms with Crippen LogP contribution in [0.3, 0.4) is 0 Å². The first kappa shape index (κ1) is 36.0. The van der Waals surface area contributed by atoms with Gasteiger partial charge in [-0.25, -0.2) is 0 Å². The van der Waals surface area contributed by atoms with E-state index in [2.05, 4.69) is 61.7 Å². The van der Waals surface area contributed by atoms with E-state index in [1.165, 1.54) is 79.3 Å². The van der Waals surface area contributed by atoms with Crippen molar-refractivity contribution in [2.45, 2.75) is 111 Å². The zero-order valence-electron chi connectivity index (χ0n) is 29.2. The van der Waals surface area contributed by atoms with Crippen LogP contribution in [0.15, 0.2) is 71.0 Å². The number of aliphatic hydroxyl groups is 1. The minimum atomic E-state index is 0. The molecule has 5 heteroatoms. The van der Waals surface area contributed by atoms with Crippen LogP contribution in [-0.2, 0) is 24.9 Å². The van der Waals surface area contributed by atoms with Gasteiger partial charge in [0.1, 0.15) is 5.58 Å². The van der Waals surface area contributed by atoms with Crippen molar-refractivity contribution in [3.8, 4) is 11.3 Å². The molecule has 7 rings (SSSR count). The van der Waals surface area contributed by atoms with Gasteiger partial charge >= 0.3 is 0 Å². The number of nitrogens with zero attached hydrogens (tertiary/aromatic N) is 1. The number of ketones is 1. The third kappa shape index (κ3) is 8.12. The molecule has 255 valence electrons. The van der Waals surface area contributed by atoms with Gasteiger partial charge in [0.05, 0.1) is 11.3 Å². The van der Waals surface area contributed by atoms with Gasteiger partial charge in [-0.2, -0.15) is 0 Å². The average molecular weight is 821 g/mol. The van der Waals surface area contributed by atoms with Gasteiger partial charge in [-0.3, -0.25) is 4.79 Å². The fourth-order valence-electron chi connectivity index (χ4n) is 7.75. The Kier molecular flexibility index (Phi) is 12.0. The standard InChI is InChI=1S/C32H30NO.C11H20O2.Ir/c1-20-16-27-24-12-6-7-13-30(24)34-32(27)28(17-20)31-25-15-14-23(21-8-2-3-9-21)18-26(25)29(19-33-31)22-10-4-5-11-22;1-8(2)5-10(12)7-11(13)6-9(3)4;/h6-7,12-16,18-19,21-22H,2-5,8-11H2,1H3;7-9,12H,5-6H2,1-4H3;/q-1;;/b;10-7-;. The van der Waals surface area contributed by atoms with Crippen LogP contribution in [0.1, 0.15) is 120 Å². The Hall–Kier alpha value is -3.27. The van der Waals surface area contributed by atoms with Crippen LogP contribution >= 0.6 is 0 Å². The number of carbonyl (C=O) groups is 1. The number of aliphatic hydroxyl groups excluding tert-OH is 1. The van der Waals surface area contributed by atoms with Crippen molar-refractivity contribution in [1.82, 2.24) is 4.98 Å². The Morgan fingerprint density at radius 1 is 0.875 bits per heavy atom. The first-order chi connectivity index (χ1) is 22.7. The quantitative estimate of drug-likeness (QED) is 0.0962. The van der Waals surface area contributed by atoms with Crippen LogP contribution < -0.4 is 0 Å². The van der Waals surface area contributed by atoms with Gasteiger partial charge < -0.3 is 14.5 Å². The number of hydrogen-bond acceptors (Lipinski definition) is 4. The number of para-hydroxylation sites is 1. The minimum Gasteiger partial charge on any atom is -0.512 e. The number of rotatable bonds is 8. The van der Waals surface area contributed by atoms with Gasteiger partial charge in [-0.1, -0.05) is 108 Å². The molecule has 2 fully saturated rings. The molecule has 2 aromatic heterocycles. The van der Waals surface area contributed by atoms with Crippen LogP contribution in [0.4, 0.5) is 0 Å². The van der Waals surface area contributed by atoms with Crippen LogP contribution in [0, 0.1) is 24.8 Å². The Bertz CT molecular complexity index is 1900. The molecule has 1 radical (unpaired) electrons. The number of furan rings is 1. The van der Waals surface area contributed by atoms with E-state index in [1.807, 2.05) is 33.8 Å². The molecule has 2 aliphatic carbocycles. The smallest absolute Gasteiger partial charge is 0.159 e. The molecule has 3 aromatic carbocycles.